The number of hydrogen-bond donors (Lipinski definition) is 0. The van der Waals surface area contributed by atoms with E-state index in [1.807, 2.05) is 6.07 Å². The van der Waals surface area contributed by atoms with Gasteiger partial charge < -0.3 is 9.64 Å². The molecule has 1 saturated heterocycles. The molecule has 4 atom stereocenters. The summed E-state index contributed by atoms with van der Waals surface area (Å²) in [4.78, 5) is 14.9. The Hall–Kier alpha value is -1.42. The first kappa shape index (κ1) is 12.2. The van der Waals surface area contributed by atoms with Crippen LogP contribution >= 0.6 is 0 Å². The van der Waals surface area contributed by atoms with Gasteiger partial charge in [-0.3, -0.25) is 4.79 Å². The van der Waals surface area contributed by atoms with Crippen LogP contribution in [0.5, 0.6) is 5.75 Å². The molecule has 21 heavy (non-hydrogen) atoms. The van der Waals surface area contributed by atoms with E-state index >= 15 is 0 Å². The number of benzene rings is 1. The number of halogens is 1. The molecule has 1 spiro atoms. The lowest BCUT2D eigenvalue weighted by Crippen LogP contribution is -2.65. The summed E-state index contributed by atoms with van der Waals surface area (Å²) in [6, 6.07) is 3.87. The zero-order chi connectivity index (χ0) is 14.4. The largest absolute Gasteiger partial charge is 0.478 e. The number of likely N-dealkylation sites (N-methyl/N-ethyl adjacent to an activating group) is 1. The molecule has 0 amide bonds. The van der Waals surface area contributed by atoms with Gasteiger partial charge in [-0.25, -0.2) is 4.39 Å². The Morgan fingerprint density at radius 2 is 2.29 bits per heavy atom. The van der Waals surface area contributed by atoms with Gasteiger partial charge in [-0.1, -0.05) is 6.07 Å². The van der Waals surface area contributed by atoms with Crippen molar-refractivity contribution in [1.29, 1.82) is 0 Å². The first-order valence-corrected chi connectivity index (χ1v) is 7.84. The molecule has 1 aromatic rings. The molecule has 2 aliphatic heterocycles. The standard InChI is InChI=1S/C17H18FNO2/c1-19-7-6-17-10-3-5-13(20)16(17)21-15-11(18)4-2-9(14(15)17)8-12(10)19/h2,4,10,12,16H,3,5-8H2,1H3/t10-,12+,16-,17-/m0/s1. The lowest BCUT2D eigenvalue weighted by Gasteiger charge is -2.57. The Morgan fingerprint density at radius 3 is 3.14 bits per heavy atom. The van der Waals surface area contributed by atoms with Crippen molar-refractivity contribution in [2.45, 2.75) is 43.2 Å². The molecule has 0 N–H and O–H groups in total. The number of piperidine rings is 1. The molecule has 2 aliphatic carbocycles. The quantitative estimate of drug-likeness (QED) is 0.731. The first-order chi connectivity index (χ1) is 10.1. The maximum Gasteiger partial charge on any atom is 0.174 e. The molecule has 4 aliphatic rings. The molecule has 2 bridgehead atoms. The minimum atomic E-state index is -0.446. The Morgan fingerprint density at radius 1 is 1.43 bits per heavy atom. The molecule has 110 valence electrons. The highest BCUT2D eigenvalue weighted by Crippen LogP contribution is 2.61. The molecule has 3 nitrogen and oxygen atoms in total. The lowest BCUT2D eigenvalue weighted by molar-refractivity contribution is -0.138. The number of carbonyl (C=O) groups excluding carboxylic acids is 1. The molecule has 1 aromatic carbocycles. The average molecular weight is 287 g/mol. The van der Waals surface area contributed by atoms with Gasteiger partial charge in [-0.2, -0.15) is 0 Å². The number of carbonyl (C=O) groups is 1. The van der Waals surface area contributed by atoms with Gasteiger partial charge in [-0.15, -0.1) is 0 Å². The predicted octanol–water partition coefficient (Wildman–Crippen LogP) is 2.06. The van der Waals surface area contributed by atoms with Crippen molar-refractivity contribution in [1.82, 2.24) is 4.90 Å². The Balaban J connectivity index is 1.83. The molecule has 4 heteroatoms. The van der Waals surface area contributed by atoms with Gasteiger partial charge in [0, 0.05) is 23.4 Å². The van der Waals surface area contributed by atoms with E-state index < -0.39 is 6.10 Å². The van der Waals surface area contributed by atoms with E-state index in [2.05, 4.69) is 11.9 Å². The number of rotatable bonds is 0. The van der Waals surface area contributed by atoms with Gasteiger partial charge in [0.15, 0.2) is 23.5 Å². The molecule has 2 heterocycles. The third kappa shape index (κ3) is 1.22. The SMILES string of the molecule is CN1CC[C@]23c4c5ccc(F)c4O[C@H]2C(=O)CC[C@H]3[C@H]1C5. The first-order valence-electron chi connectivity index (χ1n) is 7.84. The summed E-state index contributed by atoms with van der Waals surface area (Å²) in [5.41, 5.74) is 1.98. The fraction of sp³-hybridized carbons (Fsp3) is 0.588. The summed E-state index contributed by atoms with van der Waals surface area (Å²) in [5.74, 6) is 0.662. The zero-order valence-corrected chi connectivity index (χ0v) is 12.1. The Kier molecular flexibility index (Phi) is 2.12. The predicted molar refractivity (Wildman–Crippen MR) is 75.0 cm³/mol. The van der Waals surface area contributed by atoms with Crippen molar-refractivity contribution in [2.24, 2.45) is 5.92 Å². The van der Waals surface area contributed by atoms with E-state index in [1.54, 1.807) is 0 Å². The van der Waals surface area contributed by atoms with Gasteiger partial charge in [0.1, 0.15) is 0 Å². The number of ether oxygens (including phenoxy) is 1. The van der Waals surface area contributed by atoms with E-state index in [9.17, 15) is 9.18 Å². The van der Waals surface area contributed by atoms with Gasteiger partial charge >= 0.3 is 0 Å². The third-order valence-corrected chi connectivity index (χ3v) is 6.36. The smallest absolute Gasteiger partial charge is 0.174 e. The second kappa shape index (κ2) is 3.67. The molecule has 2 fully saturated rings. The summed E-state index contributed by atoms with van der Waals surface area (Å²) in [6.07, 6.45) is 2.91. The summed E-state index contributed by atoms with van der Waals surface area (Å²) >= 11 is 0. The van der Waals surface area contributed by atoms with Crippen LogP contribution in [0.15, 0.2) is 12.1 Å². The van der Waals surface area contributed by atoms with Crippen molar-refractivity contribution in [3.63, 3.8) is 0 Å². The van der Waals surface area contributed by atoms with Crippen molar-refractivity contribution in [2.75, 3.05) is 13.6 Å². The van der Waals surface area contributed by atoms with Crippen LogP contribution < -0.4 is 4.74 Å². The van der Waals surface area contributed by atoms with E-state index in [0.717, 1.165) is 31.4 Å². The Labute approximate surface area is 123 Å². The lowest BCUT2D eigenvalue weighted by atomic mass is 9.52. The number of hydrogen-bond acceptors (Lipinski definition) is 3. The summed E-state index contributed by atoms with van der Waals surface area (Å²) < 4.78 is 20.2. The Bertz CT molecular complexity index is 673. The summed E-state index contributed by atoms with van der Waals surface area (Å²) in [5, 5.41) is 0. The topological polar surface area (TPSA) is 29.5 Å². The number of ketones is 1. The second-order valence-electron chi connectivity index (χ2n) is 7.06. The van der Waals surface area contributed by atoms with E-state index in [-0.39, 0.29) is 17.0 Å². The van der Waals surface area contributed by atoms with Crippen molar-refractivity contribution in [3.05, 3.63) is 29.1 Å². The van der Waals surface area contributed by atoms with Gasteiger partial charge in [0.25, 0.3) is 0 Å². The van der Waals surface area contributed by atoms with Gasteiger partial charge in [0.2, 0.25) is 0 Å². The van der Waals surface area contributed by atoms with Crippen LogP contribution in [0.4, 0.5) is 4.39 Å². The molecule has 0 unspecified atom stereocenters. The van der Waals surface area contributed by atoms with Crippen LogP contribution in [0, 0.1) is 11.7 Å². The van der Waals surface area contributed by atoms with Gasteiger partial charge in [0.05, 0.1) is 0 Å². The van der Waals surface area contributed by atoms with Crippen molar-refractivity contribution in [3.8, 4) is 5.75 Å². The fourth-order valence-corrected chi connectivity index (χ4v) is 5.50. The minimum absolute atomic E-state index is 0.165. The molecule has 1 saturated carbocycles. The molecule has 0 aromatic heterocycles. The van der Waals surface area contributed by atoms with Crippen LogP contribution in [-0.4, -0.2) is 36.4 Å². The van der Waals surface area contributed by atoms with Crippen molar-refractivity contribution >= 4 is 5.78 Å². The van der Waals surface area contributed by atoms with Crippen LogP contribution in [-0.2, 0) is 16.6 Å². The molecular weight excluding hydrogens is 269 g/mol. The molecular formula is C17H18FNO2. The molecule has 5 rings (SSSR count). The fourth-order valence-electron chi connectivity index (χ4n) is 5.50. The normalized spacial score (nSPS) is 39.9. The second-order valence-corrected chi connectivity index (χ2v) is 7.06. The maximum absolute atomic E-state index is 14.2. The van der Waals surface area contributed by atoms with Gasteiger partial charge in [-0.05, 0) is 50.4 Å². The summed E-state index contributed by atoms with van der Waals surface area (Å²) in [6.45, 7) is 0.962. The third-order valence-electron chi connectivity index (χ3n) is 6.36. The number of likely N-dealkylation sites (tertiary alicyclic amines) is 1. The minimum Gasteiger partial charge on any atom is -0.478 e. The highest BCUT2D eigenvalue weighted by molar-refractivity contribution is 5.88. The van der Waals surface area contributed by atoms with Crippen LogP contribution in [0.1, 0.15) is 30.4 Å². The number of Topliss-reactive ketones (excluding diaryl/α,β-unsaturated/α-hetero) is 1. The maximum atomic E-state index is 14.2. The monoisotopic (exact) mass is 287 g/mol. The zero-order valence-electron chi connectivity index (χ0n) is 12.1. The van der Waals surface area contributed by atoms with E-state index in [4.69, 9.17) is 4.74 Å². The van der Waals surface area contributed by atoms with Crippen LogP contribution in [0.2, 0.25) is 0 Å². The van der Waals surface area contributed by atoms with Crippen LogP contribution in [0.3, 0.4) is 0 Å². The van der Waals surface area contributed by atoms with E-state index in [0.29, 0.717) is 24.1 Å². The number of nitrogens with zero attached hydrogens (tertiary/aromatic N) is 1. The highest BCUT2D eigenvalue weighted by atomic mass is 19.1. The highest BCUT2D eigenvalue weighted by Gasteiger charge is 2.65. The average Bonchev–Trinajstić information content (AvgIpc) is 2.83. The van der Waals surface area contributed by atoms with E-state index in [1.165, 1.54) is 11.6 Å². The molecule has 0 radical (unpaired) electrons. The van der Waals surface area contributed by atoms with Crippen molar-refractivity contribution < 1.29 is 13.9 Å². The van der Waals surface area contributed by atoms with Crippen LogP contribution in [0.25, 0.3) is 0 Å². The summed E-state index contributed by atoms with van der Waals surface area (Å²) in [7, 11) is 2.17.